The van der Waals surface area contributed by atoms with Crippen LogP contribution in [0.1, 0.15) is 12.8 Å². The summed E-state index contributed by atoms with van der Waals surface area (Å²) in [5, 5.41) is 12.1. The number of nitrogens with zero attached hydrogens (tertiary/aromatic N) is 1. The van der Waals surface area contributed by atoms with Crippen molar-refractivity contribution in [2.75, 3.05) is 13.1 Å². The summed E-state index contributed by atoms with van der Waals surface area (Å²) in [4.78, 5) is 23.6. The third-order valence-electron chi connectivity index (χ3n) is 2.42. The van der Waals surface area contributed by atoms with Crippen LogP contribution in [-0.2, 0) is 9.59 Å². The molecule has 1 atom stereocenters. The Balaban J connectivity index is 2.33. The largest absolute Gasteiger partial charge is 0.363 e. The maximum atomic E-state index is 11.2. The van der Waals surface area contributed by atoms with E-state index in [4.69, 9.17) is 0 Å². The van der Waals surface area contributed by atoms with Crippen LogP contribution in [0.15, 0.2) is 0 Å². The molecule has 2 aliphatic rings. The lowest BCUT2D eigenvalue weighted by Crippen LogP contribution is -2.64. The van der Waals surface area contributed by atoms with Crippen LogP contribution < -0.4 is 5.32 Å². The highest BCUT2D eigenvalue weighted by Gasteiger charge is 2.50. The molecule has 0 bridgehead atoms. The maximum absolute atomic E-state index is 11.2. The molecule has 2 N–H and O–H groups in total. The van der Waals surface area contributed by atoms with Crippen LogP contribution in [0.3, 0.4) is 0 Å². The Kier molecular flexibility index (Phi) is 1.38. The summed E-state index contributed by atoms with van der Waals surface area (Å²) in [5.74, 6) is -0.644. The monoisotopic (exact) mass is 170 g/mol. The van der Waals surface area contributed by atoms with E-state index in [0.717, 1.165) is 0 Å². The first-order chi connectivity index (χ1) is 5.64. The molecule has 0 aromatic heterocycles. The van der Waals surface area contributed by atoms with Crippen LogP contribution in [0.5, 0.6) is 0 Å². The number of hydrogen-bond donors (Lipinski definition) is 2. The van der Waals surface area contributed by atoms with E-state index in [2.05, 4.69) is 5.32 Å². The van der Waals surface area contributed by atoms with E-state index >= 15 is 0 Å². The van der Waals surface area contributed by atoms with Gasteiger partial charge in [0.1, 0.15) is 0 Å². The van der Waals surface area contributed by atoms with Gasteiger partial charge in [0.15, 0.2) is 0 Å². The van der Waals surface area contributed by atoms with Crippen molar-refractivity contribution in [1.82, 2.24) is 10.2 Å². The maximum Gasteiger partial charge on any atom is 0.273 e. The second-order valence-electron chi connectivity index (χ2n) is 3.15. The molecular weight excluding hydrogens is 160 g/mol. The molecule has 2 heterocycles. The molecule has 0 unspecified atom stereocenters. The highest BCUT2D eigenvalue weighted by Crippen LogP contribution is 2.28. The van der Waals surface area contributed by atoms with E-state index in [1.54, 1.807) is 0 Å². The Labute approximate surface area is 69.3 Å². The number of hydrogen-bond acceptors (Lipinski definition) is 3. The molecule has 2 amide bonds. The molecule has 0 aromatic rings. The first-order valence-electron chi connectivity index (χ1n) is 3.96. The highest BCUT2D eigenvalue weighted by molar-refractivity contribution is 5.97. The predicted molar refractivity (Wildman–Crippen MR) is 38.9 cm³/mol. The molecule has 2 fully saturated rings. The van der Waals surface area contributed by atoms with Gasteiger partial charge in [-0.3, -0.25) is 9.59 Å². The van der Waals surface area contributed by atoms with Gasteiger partial charge in [0.2, 0.25) is 11.6 Å². The predicted octanol–water partition coefficient (Wildman–Crippen LogP) is -1.57. The standard InChI is InChI=1S/C7H10N2O3/c10-5-4-8-6(11)7(12)2-1-3-9(5)7/h12H,1-4H2,(H,8,11)/t7-/m0/s1. The lowest BCUT2D eigenvalue weighted by atomic mass is 10.1. The van der Waals surface area contributed by atoms with Gasteiger partial charge >= 0.3 is 0 Å². The number of piperazine rings is 1. The smallest absolute Gasteiger partial charge is 0.273 e. The number of carbonyl (C=O) groups excluding carboxylic acids is 2. The molecular formula is C7H10N2O3. The zero-order chi connectivity index (χ0) is 8.77. The van der Waals surface area contributed by atoms with E-state index in [9.17, 15) is 14.7 Å². The Morgan fingerprint density at radius 2 is 2.25 bits per heavy atom. The van der Waals surface area contributed by atoms with Gasteiger partial charge in [0.05, 0.1) is 6.54 Å². The van der Waals surface area contributed by atoms with Crippen LogP contribution in [0.2, 0.25) is 0 Å². The minimum Gasteiger partial charge on any atom is -0.363 e. The van der Waals surface area contributed by atoms with Gasteiger partial charge in [-0.25, -0.2) is 0 Å². The normalized spacial score (nSPS) is 34.9. The average Bonchev–Trinajstić information content (AvgIpc) is 2.42. The number of carbonyl (C=O) groups is 2. The van der Waals surface area contributed by atoms with Crippen molar-refractivity contribution in [2.45, 2.75) is 18.6 Å². The van der Waals surface area contributed by atoms with Crippen molar-refractivity contribution in [3.8, 4) is 0 Å². The number of amides is 2. The number of rotatable bonds is 0. The SMILES string of the molecule is O=C1CNC(=O)[C@@]2(O)CCCN12. The second-order valence-corrected chi connectivity index (χ2v) is 3.15. The third-order valence-corrected chi connectivity index (χ3v) is 2.42. The second kappa shape index (κ2) is 2.20. The van der Waals surface area contributed by atoms with Gasteiger partial charge in [-0.05, 0) is 6.42 Å². The zero-order valence-electron chi connectivity index (χ0n) is 6.54. The Hall–Kier alpha value is -1.10. The summed E-state index contributed by atoms with van der Waals surface area (Å²) in [6.07, 6.45) is 1.04. The summed E-state index contributed by atoms with van der Waals surface area (Å²) in [7, 11) is 0. The molecule has 5 heteroatoms. The van der Waals surface area contributed by atoms with Crippen molar-refractivity contribution in [3.05, 3.63) is 0 Å². The van der Waals surface area contributed by atoms with Crippen molar-refractivity contribution < 1.29 is 14.7 Å². The molecule has 2 saturated heterocycles. The van der Waals surface area contributed by atoms with Gasteiger partial charge in [-0.1, -0.05) is 0 Å². The number of fused-ring (bicyclic) bond motifs is 1. The molecule has 12 heavy (non-hydrogen) atoms. The lowest BCUT2D eigenvalue weighted by molar-refractivity contribution is -0.174. The van der Waals surface area contributed by atoms with Crippen LogP contribution >= 0.6 is 0 Å². The van der Waals surface area contributed by atoms with Gasteiger partial charge in [-0.15, -0.1) is 0 Å². The van der Waals surface area contributed by atoms with Crippen molar-refractivity contribution in [3.63, 3.8) is 0 Å². The quantitative estimate of drug-likeness (QED) is 0.461. The summed E-state index contributed by atoms with van der Waals surface area (Å²) in [5.41, 5.74) is -1.55. The van der Waals surface area contributed by atoms with Crippen molar-refractivity contribution in [1.29, 1.82) is 0 Å². The summed E-state index contributed by atoms with van der Waals surface area (Å²) in [6.45, 7) is 0.504. The summed E-state index contributed by atoms with van der Waals surface area (Å²) >= 11 is 0. The van der Waals surface area contributed by atoms with E-state index < -0.39 is 11.6 Å². The van der Waals surface area contributed by atoms with Gasteiger partial charge < -0.3 is 15.3 Å². The fourth-order valence-electron chi connectivity index (χ4n) is 1.76. The topological polar surface area (TPSA) is 69.6 Å². The lowest BCUT2D eigenvalue weighted by Gasteiger charge is -2.36. The molecule has 0 aromatic carbocycles. The van der Waals surface area contributed by atoms with Crippen LogP contribution in [-0.4, -0.2) is 40.6 Å². The van der Waals surface area contributed by atoms with E-state index in [-0.39, 0.29) is 12.5 Å². The third kappa shape index (κ3) is 0.768. The van der Waals surface area contributed by atoms with E-state index in [1.165, 1.54) is 4.90 Å². The summed E-state index contributed by atoms with van der Waals surface area (Å²) < 4.78 is 0. The summed E-state index contributed by atoms with van der Waals surface area (Å²) in [6, 6.07) is 0. The first-order valence-corrected chi connectivity index (χ1v) is 3.96. The van der Waals surface area contributed by atoms with Gasteiger partial charge in [0, 0.05) is 13.0 Å². The fourth-order valence-corrected chi connectivity index (χ4v) is 1.76. The minimum absolute atomic E-state index is 0.0150. The molecule has 66 valence electrons. The molecule has 0 spiro atoms. The Morgan fingerprint density at radius 1 is 1.50 bits per heavy atom. The van der Waals surface area contributed by atoms with Crippen LogP contribution in [0.25, 0.3) is 0 Å². The number of aliphatic hydroxyl groups is 1. The van der Waals surface area contributed by atoms with Crippen LogP contribution in [0.4, 0.5) is 0 Å². The zero-order valence-corrected chi connectivity index (χ0v) is 6.54. The van der Waals surface area contributed by atoms with E-state index in [1.807, 2.05) is 0 Å². The fraction of sp³-hybridized carbons (Fsp3) is 0.714. The molecule has 5 nitrogen and oxygen atoms in total. The number of nitrogens with one attached hydrogen (secondary N) is 1. The molecule has 0 saturated carbocycles. The average molecular weight is 170 g/mol. The van der Waals surface area contributed by atoms with Gasteiger partial charge in [0.25, 0.3) is 5.91 Å². The molecule has 0 radical (unpaired) electrons. The first kappa shape index (κ1) is 7.54. The highest BCUT2D eigenvalue weighted by atomic mass is 16.3. The van der Waals surface area contributed by atoms with Crippen molar-refractivity contribution in [2.24, 2.45) is 0 Å². The molecule has 2 rings (SSSR count). The van der Waals surface area contributed by atoms with E-state index in [0.29, 0.717) is 19.4 Å². The minimum atomic E-state index is -1.55. The van der Waals surface area contributed by atoms with Crippen LogP contribution in [0, 0.1) is 0 Å². The molecule has 2 aliphatic heterocycles. The molecule has 0 aliphatic carbocycles. The Morgan fingerprint density at radius 3 is 2.92 bits per heavy atom. The van der Waals surface area contributed by atoms with Gasteiger partial charge in [-0.2, -0.15) is 0 Å². The Bertz CT molecular complexity index is 253. The van der Waals surface area contributed by atoms with Crippen molar-refractivity contribution >= 4 is 11.8 Å².